The van der Waals surface area contributed by atoms with Gasteiger partial charge in [-0.1, -0.05) is 12.1 Å². The van der Waals surface area contributed by atoms with Crippen LogP contribution < -0.4 is 0 Å². The largest absolute Gasteiger partial charge is 0.469 e. The highest BCUT2D eigenvalue weighted by molar-refractivity contribution is 5.92. The van der Waals surface area contributed by atoms with Crippen molar-refractivity contribution in [3.05, 3.63) is 41.2 Å². The number of nitrogens with zero attached hydrogens (tertiary/aromatic N) is 4. The van der Waals surface area contributed by atoms with Gasteiger partial charge in [-0.3, -0.25) is 9.59 Å². The molecule has 4 rings (SSSR count). The van der Waals surface area contributed by atoms with Crippen LogP contribution in [0.3, 0.4) is 0 Å². The number of esters is 1. The number of hydrogen-bond acceptors (Lipinski definition) is 5. The summed E-state index contributed by atoms with van der Waals surface area (Å²) in [6.07, 6.45) is 3.26. The summed E-state index contributed by atoms with van der Waals surface area (Å²) in [7, 11) is 1.42. The van der Waals surface area contributed by atoms with Crippen LogP contribution in [0.25, 0.3) is 16.6 Å². The van der Waals surface area contributed by atoms with Crippen molar-refractivity contribution < 1.29 is 14.3 Å². The SMILES string of the molecule is COC(=O)CC1CCN(C(=O)CCc2c(C)nc3c4ccccc4nn3c2C)CC1. The van der Waals surface area contributed by atoms with E-state index in [-0.39, 0.29) is 11.9 Å². The van der Waals surface area contributed by atoms with E-state index in [0.717, 1.165) is 46.3 Å². The average molecular weight is 409 g/mol. The molecule has 1 fully saturated rings. The lowest BCUT2D eigenvalue weighted by Crippen LogP contribution is -2.39. The van der Waals surface area contributed by atoms with Gasteiger partial charge in [0, 0.05) is 42.7 Å². The average Bonchev–Trinajstić information content (AvgIpc) is 3.12. The Labute approximate surface area is 176 Å². The number of amides is 1. The first-order valence-corrected chi connectivity index (χ1v) is 10.6. The minimum atomic E-state index is -0.167. The fourth-order valence-electron chi connectivity index (χ4n) is 4.43. The highest BCUT2D eigenvalue weighted by Gasteiger charge is 2.25. The maximum atomic E-state index is 12.8. The van der Waals surface area contributed by atoms with Gasteiger partial charge in [0.25, 0.3) is 0 Å². The molecule has 0 saturated carbocycles. The van der Waals surface area contributed by atoms with Crippen LogP contribution in [0.1, 0.15) is 42.6 Å². The Hall–Kier alpha value is -2.96. The summed E-state index contributed by atoms with van der Waals surface area (Å²) >= 11 is 0. The number of piperidine rings is 1. The molecule has 0 radical (unpaired) electrons. The van der Waals surface area contributed by atoms with Gasteiger partial charge in [0.15, 0.2) is 5.65 Å². The number of carbonyl (C=O) groups excluding carboxylic acids is 2. The molecular weight excluding hydrogens is 380 g/mol. The van der Waals surface area contributed by atoms with Crippen molar-refractivity contribution in [2.24, 2.45) is 5.92 Å². The summed E-state index contributed by atoms with van der Waals surface area (Å²) in [5.41, 5.74) is 4.87. The second-order valence-corrected chi connectivity index (χ2v) is 8.12. The predicted molar refractivity (Wildman–Crippen MR) is 114 cm³/mol. The highest BCUT2D eigenvalue weighted by atomic mass is 16.5. The summed E-state index contributed by atoms with van der Waals surface area (Å²) in [6.45, 7) is 5.47. The zero-order chi connectivity index (χ0) is 21.3. The standard InChI is InChI=1S/C23H28N4O3/c1-15-18(16(2)27-23(24-15)19-6-4-5-7-20(19)25-27)8-9-21(28)26-12-10-17(11-13-26)14-22(29)30-3/h4-7,17H,8-14H2,1-3H3. The maximum Gasteiger partial charge on any atom is 0.305 e. The van der Waals surface area contributed by atoms with Gasteiger partial charge in [0.2, 0.25) is 5.91 Å². The molecule has 0 spiro atoms. The number of ether oxygens (including phenoxy) is 1. The molecule has 1 saturated heterocycles. The first-order valence-electron chi connectivity index (χ1n) is 10.6. The fourth-order valence-corrected chi connectivity index (χ4v) is 4.43. The van der Waals surface area contributed by atoms with Crippen LogP contribution in [0.4, 0.5) is 0 Å². The van der Waals surface area contributed by atoms with Crippen molar-refractivity contribution in [1.29, 1.82) is 0 Å². The Morgan fingerprint density at radius 3 is 2.63 bits per heavy atom. The molecule has 0 atom stereocenters. The molecule has 0 aliphatic carbocycles. The van der Waals surface area contributed by atoms with Crippen LogP contribution in [0.15, 0.2) is 24.3 Å². The molecule has 3 aromatic rings. The quantitative estimate of drug-likeness (QED) is 0.606. The first-order chi connectivity index (χ1) is 14.5. The van der Waals surface area contributed by atoms with E-state index in [2.05, 4.69) is 0 Å². The van der Waals surface area contributed by atoms with Gasteiger partial charge in [-0.15, -0.1) is 0 Å². The van der Waals surface area contributed by atoms with Gasteiger partial charge in [-0.25, -0.2) is 9.50 Å². The van der Waals surface area contributed by atoms with E-state index in [4.69, 9.17) is 14.8 Å². The zero-order valence-corrected chi connectivity index (χ0v) is 17.9. The summed E-state index contributed by atoms with van der Waals surface area (Å²) in [4.78, 5) is 30.9. The summed E-state index contributed by atoms with van der Waals surface area (Å²) in [6, 6.07) is 8.00. The van der Waals surface area contributed by atoms with Gasteiger partial charge in [-0.05, 0) is 56.7 Å². The van der Waals surface area contributed by atoms with E-state index in [1.807, 2.05) is 47.5 Å². The number of rotatable bonds is 5. The van der Waals surface area contributed by atoms with Crippen LogP contribution in [-0.4, -0.2) is 51.6 Å². The molecule has 30 heavy (non-hydrogen) atoms. The number of likely N-dealkylation sites (tertiary alicyclic amines) is 1. The molecular formula is C23H28N4O3. The Morgan fingerprint density at radius 2 is 1.90 bits per heavy atom. The molecule has 1 amide bonds. The topological polar surface area (TPSA) is 76.8 Å². The number of benzene rings is 1. The number of carbonyl (C=O) groups is 2. The first kappa shape index (κ1) is 20.3. The van der Waals surface area contributed by atoms with Crippen molar-refractivity contribution >= 4 is 28.4 Å². The molecule has 2 aromatic heterocycles. The highest BCUT2D eigenvalue weighted by Crippen LogP contribution is 2.24. The Morgan fingerprint density at radius 1 is 1.17 bits per heavy atom. The Kier molecular flexibility index (Phi) is 5.70. The number of aromatic nitrogens is 3. The summed E-state index contributed by atoms with van der Waals surface area (Å²) in [5, 5.41) is 5.74. The third-order valence-corrected chi connectivity index (χ3v) is 6.26. The molecule has 158 valence electrons. The lowest BCUT2D eigenvalue weighted by Gasteiger charge is -2.31. The van der Waals surface area contributed by atoms with Crippen LogP contribution in [0, 0.1) is 19.8 Å². The minimum Gasteiger partial charge on any atom is -0.469 e. The van der Waals surface area contributed by atoms with Gasteiger partial charge >= 0.3 is 5.97 Å². The van der Waals surface area contributed by atoms with Crippen molar-refractivity contribution in [3.63, 3.8) is 0 Å². The third-order valence-electron chi connectivity index (χ3n) is 6.26. The number of fused-ring (bicyclic) bond motifs is 3. The predicted octanol–water partition coefficient (Wildman–Crippen LogP) is 3.23. The molecule has 0 bridgehead atoms. The van der Waals surface area contributed by atoms with E-state index in [1.54, 1.807) is 0 Å². The molecule has 7 heteroatoms. The van der Waals surface area contributed by atoms with E-state index in [9.17, 15) is 9.59 Å². The normalized spacial score (nSPS) is 15.1. The van der Waals surface area contributed by atoms with Crippen LogP contribution in [-0.2, 0) is 20.7 Å². The fraction of sp³-hybridized carbons (Fsp3) is 0.478. The van der Waals surface area contributed by atoms with Gasteiger partial charge < -0.3 is 9.64 Å². The molecule has 1 aromatic carbocycles. The van der Waals surface area contributed by atoms with Crippen LogP contribution >= 0.6 is 0 Å². The number of aryl methyl sites for hydroxylation is 2. The zero-order valence-electron chi connectivity index (χ0n) is 17.9. The third kappa shape index (κ3) is 3.88. The molecule has 1 aliphatic rings. The Balaban J connectivity index is 1.43. The summed E-state index contributed by atoms with van der Waals surface area (Å²) in [5.74, 6) is 0.308. The van der Waals surface area contributed by atoms with Crippen LogP contribution in [0.2, 0.25) is 0 Å². The molecule has 1 aliphatic heterocycles. The van der Waals surface area contributed by atoms with Crippen molar-refractivity contribution in [2.75, 3.05) is 20.2 Å². The summed E-state index contributed by atoms with van der Waals surface area (Å²) < 4.78 is 6.65. The second-order valence-electron chi connectivity index (χ2n) is 8.12. The Bertz CT molecular complexity index is 1100. The van der Waals surface area contributed by atoms with Crippen molar-refractivity contribution in [3.8, 4) is 0 Å². The van der Waals surface area contributed by atoms with Crippen molar-refractivity contribution in [1.82, 2.24) is 19.5 Å². The van der Waals surface area contributed by atoms with E-state index in [0.29, 0.717) is 38.3 Å². The van der Waals surface area contributed by atoms with Gasteiger partial charge in [-0.2, -0.15) is 5.10 Å². The molecule has 3 heterocycles. The van der Waals surface area contributed by atoms with Gasteiger partial charge in [0.1, 0.15) is 0 Å². The number of methoxy groups -OCH3 is 1. The molecule has 7 nitrogen and oxygen atoms in total. The maximum absolute atomic E-state index is 12.8. The van der Waals surface area contributed by atoms with E-state index >= 15 is 0 Å². The van der Waals surface area contributed by atoms with Crippen molar-refractivity contribution in [2.45, 2.75) is 46.0 Å². The smallest absolute Gasteiger partial charge is 0.305 e. The number of hydrogen-bond donors (Lipinski definition) is 0. The van der Waals surface area contributed by atoms with Gasteiger partial charge in [0.05, 0.1) is 12.6 Å². The minimum absolute atomic E-state index is 0.163. The second kappa shape index (κ2) is 8.42. The van der Waals surface area contributed by atoms with E-state index in [1.165, 1.54) is 7.11 Å². The van der Waals surface area contributed by atoms with Crippen LogP contribution in [0.5, 0.6) is 0 Å². The molecule has 0 unspecified atom stereocenters. The monoisotopic (exact) mass is 408 g/mol. The lowest BCUT2D eigenvalue weighted by atomic mass is 9.93. The lowest BCUT2D eigenvalue weighted by molar-refractivity contribution is -0.142. The molecule has 0 N–H and O–H groups in total. The van der Waals surface area contributed by atoms with E-state index < -0.39 is 0 Å².